The van der Waals surface area contributed by atoms with Crippen LogP contribution in [0, 0.1) is 12.3 Å². The lowest BCUT2D eigenvalue weighted by Gasteiger charge is -2.27. The number of nitrogens with two attached hydrogens (primary N) is 1. The highest BCUT2D eigenvalue weighted by Gasteiger charge is 2.33. The van der Waals surface area contributed by atoms with E-state index in [-0.39, 0.29) is 5.41 Å². The molecule has 0 bridgehead atoms. The molecule has 4 nitrogen and oxygen atoms in total. The van der Waals surface area contributed by atoms with Crippen molar-refractivity contribution in [2.75, 3.05) is 6.54 Å². The monoisotopic (exact) mass is 316 g/mol. The molecular weight excluding hydrogens is 292 g/mol. The zero-order chi connectivity index (χ0) is 14.8. The third-order valence-corrected chi connectivity index (χ3v) is 7.19. The van der Waals surface area contributed by atoms with Crippen molar-refractivity contribution in [2.24, 2.45) is 11.1 Å². The molecule has 0 unspecified atom stereocenters. The smallest absolute Gasteiger partial charge is 0.241 e. The van der Waals surface area contributed by atoms with Crippen LogP contribution in [0.4, 0.5) is 0 Å². The Morgan fingerprint density at radius 3 is 2.55 bits per heavy atom. The maximum Gasteiger partial charge on any atom is 0.241 e. The topological polar surface area (TPSA) is 72.2 Å². The second-order valence-electron chi connectivity index (χ2n) is 5.72. The Balaban J connectivity index is 2.12. The first-order valence-electron chi connectivity index (χ1n) is 7.21. The summed E-state index contributed by atoms with van der Waals surface area (Å²) in [6.45, 7) is 4.94. The van der Waals surface area contributed by atoms with E-state index in [1.807, 2.05) is 6.92 Å². The number of sulfonamides is 1. The van der Waals surface area contributed by atoms with Crippen molar-refractivity contribution >= 4 is 21.4 Å². The molecular formula is C14H24N2O2S2. The molecule has 1 saturated carbocycles. The zero-order valence-electron chi connectivity index (χ0n) is 12.2. The minimum absolute atomic E-state index is 0.160. The van der Waals surface area contributed by atoms with E-state index >= 15 is 0 Å². The van der Waals surface area contributed by atoms with Crippen LogP contribution in [0.15, 0.2) is 11.0 Å². The van der Waals surface area contributed by atoms with Gasteiger partial charge < -0.3 is 5.73 Å². The summed E-state index contributed by atoms with van der Waals surface area (Å²) >= 11 is 1.46. The van der Waals surface area contributed by atoms with E-state index in [9.17, 15) is 8.42 Å². The zero-order valence-corrected chi connectivity index (χ0v) is 13.9. The molecule has 1 aromatic rings. The van der Waals surface area contributed by atoms with Gasteiger partial charge in [-0.2, -0.15) is 0 Å². The molecule has 0 aliphatic heterocycles. The fourth-order valence-electron chi connectivity index (χ4n) is 3.00. The van der Waals surface area contributed by atoms with Crippen LogP contribution >= 0.6 is 11.3 Å². The second-order valence-corrected chi connectivity index (χ2v) is 8.80. The molecule has 0 saturated heterocycles. The molecule has 2 rings (SSSR count). The van der Waals surface area contributed by atoms with E-state index in [0.717, 1.165) is 29.0 Å². The van der Waals surface area contributed by atoms with Crippen LogP contribution in [-0.2, 0) is 16.6 Å². The van der Waals surface area contributed by atoms with Crippen LogP contribution in [-0.4, -0.2) is 15.0 Å². The van der Waals surface area contributed by atoms with Crippen LogP contribution in [0.3, 0.4) is 0 Å². The quantitative estimate of drug-likeness (QED) is 0.847. The molecule has 114 valence electrons. The molecule has 1 aliphatic rings. The van der Waals surface area contributed by atoms with E-state index in [0.29, 0.717) is 18.0 Å². The number of aryl methyl sites for hydroxylation is 1. The van der Waals surface area contributed by atoms with E-state index in [4.69, 9.17) is 5.73 Å². The Kier molecular flexibility index (Phi) is 4.89. The Morgan fingerprint density at radius 1 is 1.40 bits per heavy atom. The molecule has 1 fully saturated rings. The maximum absolute atomic E-state index is 12.5. The van der Waals surface area contributed by atoms with Gasteiger partial charge in [0.1, 0.15) is 0 Å². The maximum atomic E-state index is 12.5. The summed E-state index contributed by atoms with van der Waals surface area (Å²) in [5.41, 5.74) is 5.75. The molecule has 3 N–H and O–H groups in total. The van der Waals surface area contributed by atoms with Crippen molar-refractivity contribution < 1.29 is 8.42 Å². The van der Waals surface area contributed by atoms with Crippen molar-refractivity contribution in [3.05, 3.63) is 15.8 Å². The fraction of sp³-hybridized carbons (Fsp3) is 0.714. The molecule has 1 aromatic heterocycles. The normalized spacial score (nSPS) is 18.6. The number of rotatable bonds is 6. The predicted molar refractivity (Wildman–Crippen MR) is 83.3 cm³/mol. The summed E-state index contributed by atoms with van der Waals surface area (Å²) in [6.07, 6.45) is 5.71. The Bertz CT molecular complexity index is 558. The first-order chi connectivity index (χ1) is 9.42. The third kappa shape index (κ3) is 3.24. The highest BCUT2D eigenvalue weighted by Crippen LogP contribution is 2.40. The Morgan fingerprint density at radius 2 is 2.05 bits per heavy atom. The molecule has 0 aromatic carbocycles. The van der Waals surface area contributed by atoms with Gasteiger partial charge in [-0.1, -0.05) is 19.8 Å². The Labute approximate surface area is 125 Å². The summed E-state index contributed by atoms with van der Waals surface area (Å²) < 4.78 is 27.7. The lowest BCUT2D eigenvalue weighted by atomic mass is 9.84. The number of thiophene rings is 1. The van der Waals surface area contributed by atoms with Gasteiger partial charge in [-0.3, -0.25) is 0 Å². The molecule has 0 spiro atoms. The van der Waals surface area contributed by atoms with Gasteiger partial charge in [-0.05, 0) is 37.7 Å². The minimum atomic E-state index is -3.41. The highest BCUT2D eigenvalue weighted by atomic mass is 32.2. The molecule has 20 heavy (non-hydrogen) atoms. The first kappa shape index (κ1) is 15.9. The second kappa shape index (κ2) is 6.13. The average molecular weight is 316 g/mol. The molecule has 1 heterocycles. The van der Waals surface area contributed by atoms with Crippen molar-refractivity contribution in [2.45, 2.75) is 57.4 Å². The van der Waals surface area contributed by atoms with Crippen LogP contribution in [0.25, 0.3) is 0 Å². The van der Waals surface area contributed by atoms with E-state index in [1.165, 1.54) is 24.2 Å². The van der Waals surface area contributed by atoms with Crippen LogP contribution in [0.1, 0.15) is 48.8 Å². The van der Waals surface area contributed by atoms with Crippen molar-refractivity contribution in [3.8, 4) is 0 Å². The van der Waals surface area contributed by atoms with Crippen molar-refractivity contribution in [3.63, 3.8) is 0 Å². The van der Waals surface area contributed by atoms with E-state index < -0.39 is 10.0 Å². The number of hydrogen-bond acceptors (Lipinski definition) is 4. The summed E-state index contributed by atoms with van der Waals surface area (Å²) in [5, 5.41) is 0. The van der Waals surface area contributed by atoms with E-state index in [2.05, 4.69) is 11.6 Å². The minimum Gasteiger partial charge on any atom is -0.326 e. The molecule has 0 atom stereocenters. The van der Waals surface area contributed by atoms with Crippen molar-refractivity contribution in [1.29, 1.82) is 0 Å². The van der Waals surface area contributed by atoms with Crippen LogP contribution < -0.4 is 10.5 Å². The van der Waals surface area contributed by atoms with Gasteiger partial charge in [0, 0.05) is 22.8 Å². The van der Waals surface area contributed by atoms with Crippen molar-refractivity contribution in [1.82, 2.24) is 4.72 Å². The van der Waals surface area contributed by atoms with Crippen LogP contribution in [0.5, 0.6) is 0 Å². The van der Waals surface area contributed by atoms with Gasteiger partial charge in [-0.15, -0.1) is 11.3 Å². The largest absolute Gasteiger partial charge is 0.326 e. The summed E-state index contributed by atoms with van der Waals surface area (Å²) in [5.74, 6) is 0. The van der Waals surface area contributed by atoms with Crippen LogP contribution in [0.2, 0.25) is 0 Å². The summed E-state index contributed by atoms with van der Waals surface area (Å²) in [6, 6.07) is 1.70. The molecule has 6 heteroatoms. The van der Waals surface area contributed by atoms with Gasteiger partial charge >= 0.3 is 0 Å². The lowest BCUT2D eigenvalue weighted by Crippen LogP contribution is -2.35. The van der Waals surface area contributed by atoms with Gasteiger partial charge in [0.15, 0.2) is 0 Å². The standard InChI is InChI=1S/C14H24N2O2S2/c1-3-14(6-4-5-7-14)10-16-20(17,18)13-8-12(9-15)19-11(13)2/h8,16H,3-7,9-10,15H2,1-2H3. The lowest BCUT2D eigenvalue weighted by molar-refractivity contribution is 0.285. The highest BCUT2D eigenvalue weighted by molar-refractivity contribution is 7.89. The predicted octanol–water partition coefficient (Wildman–Crippen LogP) is 2.76. The van der Waals surface area contributed by atoms with Gasteiger partial charge in [-0.25, -0.2) is 13.1 Å². The SMILES string of the molecule is CCC1(CNS(=O)(=O)c2cc(CN)sc2C)CCCC1. The average Bonchev–Trinajstić information content (AvgIpc) is 3.04. The summed E-state index contributed by atoms with van der Waals surface area (Å²) in [7, 11) is -3.41. The fourth-order valence-corrected chi connectivity index (χ4v) is 5.67. The third-order valence-electron chi connectivity index (χ3n) is 4.47. The van der Waals surface area contributed by atoms with E-state index in [1.54, 1.807) is 6.07 Å². The molecule has 0 radical (unpaired) electrons. The van der Waals surface area contributed by atoms with Gasteiger partial charge in [0.05, 0.1) is 4.90 Å². The molecule has 0 amide bonds. The molecule has 1 aliphatic carbocycles. The van der Waals surface area contributed by atoms with Gasteiger partial charge in [0.25, 0.3) is 0 Å². The first-order valence-corrected chi connectivity index (χ1v) is 9.51. The number of nitrogens with one attached hydrogen (secondary N) is 1. The summed E-state index contributed by atoms with van der Waals surface area (Å²) in [4.78, 5) is 2.12. The van der Waals surface area contributed by atoms with Gasteiger partial charge in [0.2, 0.25) is 10.0 Å². The Hall–Kier alpha value is -0.430. The number of hydrogen-bond donors (Lipinski definition) is 2.